The molecule has 1 unspecified atom stereocenters. The van der Waals surface area contributed by atoms with Crippen LogP contribution in [0.5, 0.6) is 0 Å². The first-order chi connectivity index (χ1) is 40.0. The Morgan fingerprint density at radius 3 is 0.778 bits per heavy atom. The summed E-state index contributed by atoms with van der Waals surface area (Å²) in [6.07, 6.45) is 94.9. The zero-order chi connectivity index (χ0) is 58.5. The quantitative estimate of drug-likeness (QED) is 0.0261. The number of esters is 3. The van der Waals surface area contributed by atoms with Crippen LogP contribution in [0.15, 0.2) is 122 Å². The Hall–Kier alpha value is -4.19. The second kappa shape index (κ2) is 68.3. The van der Waals surface area contributed by atoms with Crippen LogP contribution >= 0.6 is 0 Å². The maximum Gasteiger partial charge on any atom is 0.306 e. The smallest absolute Gasteiger partial charge is 0.306 e. The lowest BCUT2D eigenvalue weighted by molar-refractivity contribution is -0.167. The molecule has 0 fully saturated rings. The molecule has 0 heterocycles. The Labute approximate surface area is 501 Å². The summed E-state index contributed by atoms with van der Waals surface area (Å²) in [4.78, 5) is 38.4. The second-order valence-electron chi connectivity index (χ2n) is 22.3. The summed E-state index contributed by atoms with van der Waals surface area (Å²) < 4.78 is 17.0. The summed E-state index contributed by atoms with van der Waals surface area (Å²) in [5, 5.41) is 0. The number of hydrogen-bond donors (Lipinski definition) is 0. The van der Waals surface area contributed by atoms with E-state index in [0.717, 1.165) is 128 Å². The SMILES string of the molecule is CC/C=C\C/C=C\C/C=C\C/C=C\C/C=C\C/C=C\CCCCCCC(=O)OCC(COC(=O)CCCCCCCCC/C=C\C/C=C\CCCCC)OC(=O)CCCCCCCCCCCCC/C=C\C/C=C\CCCCCCC. The molecule has 0 bridgehead atoms. The Morgan fingerprint density at radius 1 is 0.259 bits per heavy atom. The molecule has 0 aliphatic heterocycles. The van der Waals surface area contributed by atoms with Gasteiger partial charge in [-0.2, -0.15) is 0 Å². The highest BCUT2D eigenvalue weighted by Crippen LogP contribution is 2.16. The van der Waals surface area contributed by atoms with Crippen LogP contribution in [-0.4, -0.2) is 37.2 Å². The number of carbonyl (C=O) groups is 3. The summed E-state index contributed by atoms with van der Waals surface area (Å²) in [5.41, 5.74) is 0. The third-order valence-corrected chi connectivity index (χ3v) is 14.4. The first-order valence-electron chi connectivity index (χ1n) is 34.0. The molecule has 0 rings (SSSR count). The maximum atomic E-state index is 13.0. The van der Waals surface area contributed by atoms with Gasteiger partial charge in [0.2, 0.25) is 0 Å². The van der Waals surface area contributed by atoms with Gasteiger partial charge in [0.1, 0.15) is 13.2 Å². The zero-order valence-corrected chi connectivity index (χ0v) is 53.0. The van der Waals surface area contributed by atoms with Crippen LogP contribution in [0.3, 0.4) is 0 Å². The van der Waals surface area contributed by atoms with Crippen molar-refractivity contribution in [2.45, 2.75) is 322 Å². The molecule has 0 aliphatic rings. The van der Waals surface area contributed by atoms with E-state index in [1.54, 1.807) is 0 Å². The van der Waals surface area contributed by atoms with Crippen molar-refractivity contribution in [3.63, 3.8) is 0 Å². The molecule has 1 atom stereocenters. The van der Waals surface area contributed by atoms with Crippen LogP contribution in [0.25, 0.3) is 0 Å². The van der Waals surface area contributed by atoms with Gasteiger partial charge in [-0.25, -0.2) is 0 Å². The van der Waals surface area contributed by atoms with Crippen molar-refractivity contribution in [1.82, 2.24) is 0 Å². The van der Waals surface area contributed by atoms with E-state index in [1.165, 1.54) is 148 Å². The summed E-state index contributed by atoms with van der Waals surface area (Å²) >= 11 is 0. The normalized spacial score (nSPS) is 12.9. The molecule has 0 aliphatic carbocycles. The lowest BCUT2D eigenvalue weighted by Gasteiger charge is -2.18. The summed E-state index contributed by atoms with van der Waals surface area (Å²) in [7, 11) is 0. The predicted octanol–water partition coefficient (Wildman–Crippen LogP) is 23.6. The van der Waals surface area contributed by atoms with E-state index in [0.29, 0.717) is 19.3 Å². The van der Waals surface area contributed by atoms with Crippen molar-refractivity contribution < 1.29 is 28.6 Å². The fourth-order valence-electron chi connectivity index (χ4n) is 9.33. The molecule has 0 saturated heterocycles. The lowest BCUT2D eigenvalue weighted by atomic mass is 10.0. The van der Waals surface area contributed by atoms with Gasteiger partial charge in [0.05, 0.1) is 0 Å². The molecular formula is C75H126O6. The molecule has 0 saturated carbocycles. The third-order valence-electron chi connectivity index (χ3n) is 14.4. The van der Waals surface area contributed by atoms with Crippen LogP contribution in [0.4, 0.5) is 0 Å². The predicted molar refractivity (Wildman–Crippen MR) is 353 cm³/mol. The van der Waals surface area contributed by atoms with Crippen molar-refractivity contribution in [3.05, 3.63) is 122 Å². The van der Waals surface area contributed by atoms with E-state index < -0.39 is 6.10 Å². The largest absolute Gasteiger partial charge is 0.462 e. The average molecular weight is 1120 g/mol. The van der Waals surface area contributed by atoms with Crippen molar-refractivity contribution in [1.29, 1.82) is 0 Å². The summed E-state index contributed by atoms with van der Waals surface area (Å²) in [6.45, 7) is 6.49. The van der Waals surface area contributed by atoms with Gasteiger partial charge in [0, 0.05) is 19.3 Å². The van der Waals surface area contributed by atoms with Crippen LogP contribution < -0.4 is 0 Å². The number of carbonyl (C=O) groups excluding carboxylic acids is 3. The second-order valence-corrected chi connectivity index (χ2v) is 22.3. The number of ether oxygens (including phenoxy) is 3. The number of rotatable bonds is 61. The molecule has 0 spiro atoms. The van der Waals surface area contributed by atoms with E-state index in [2.05, 4.69) is 142 Å². The number of allylic oxidation sites excluding steroid dienone is 20. The molecule has 81 heavy (non-hydrogen) atoms. The molecule has 0 amide bonds. The molecule has 6 heteroatoms. The van der Waals surface area contributed by atoms with Gasteiger partial charge in [-0.3, -0.25) is 14.4 Å². The fraction of sp³-hybridized carbons (Fsp3) is 0.693. The van der Waals surface area contributed by atoms with Crippen LogP contribution in [0.2, 0.25) is 0 Å². The molecule has 0 radical (unpaired) electrons. The average Bonchev–Trinajstić information content (AvgIpc) is 3.47. The highest BCUT2D eigenvalue weighted by Gasteiger charge is 2.19. The minimum Gasteiger partial charge on any atom is -0.462 e. The summed E-state index contributed by atoms with van der Waals surface area (Å²) in [5.74, 6) is -0.919. The van der Waals surface area contributed by atoms with Gasteiger partial charge < -0.3 is 14.2 Å². The van der Waals surface area contributed by atoms with E-state index in [-0.39, 0.29) is 31.1 Å². The highest BCUT2D eigenvalue weighted by molar-refractivity contribution is 5.71. The van der Waals surface area contributed by atoms with Crippen molar-refractivity contribution in [2.24, 2.45) is 0 Å². The molecular weight excluding hydrogens is 997 g/mol. The van der Waals surface area contributed by atoms with Gasteiger partial charge in [0.15, 0.2) is 6.10 Å². The first kappa shape index (κ1) is 76.8. The van der Waals surface area contributed by atoms with Crippen molar-refractivity contribution >= 4 is 17.9 Å². The van der Waals surface area contributed by atoms with Gasteiger partial charge in [-0.1, -0.05) is 284 Å². The molecule has 462 valence electrons. The van der Waals surface area contributed by atoms with Gasteiger partial charge in [-0.15, -0.1) is 0 Å². The number of unbranched alkanes of at least 4 members (excludes halogenated alkanes) is 30. The summed E-state index contributed by atoms with van der Waals surface area (Å²) in [6, 6.07) is 0. The zero-order valence-electron chi connectivity index (χ0n) is 53.0. The monoisotopic (exact) mass is 1120 g/mol. The van der Waals surface area contributed by atoms with E-state index in [9.17, 15) is 14.4 Å². The van der Waals surface area contributed by atoms with E-state index in [4.69, 9.17) is 14.2 Å². The molecule has 0 aromatic heterocycles. The van der Waals surface area contributed by atoms with Crippen molar-refractivity contribution in [2.75, 3.05) is 13.2 Å². The van der Waals surface area contributed by atoms with Gasteiger partial charge >= 0.3 is 17.9 Å². The van der Waals surface area contributed by atoms with Crippen LogP contribution in [0, 0.1) is 0 Å². The van der Waals surface area contributed by atoms with Crippen molar-refractivity contribution in [3.8, 4) is 0 Å². The van der Waals surface area contributed by atoms with E-state index in [1.807, 2.05) is 0 Å². The maximum absolute atomic E-state index is 13.0. The molecule has 0 aromatic carbocycles. The first-order valence-corrected chi connectivity index (χ1v) is 34.0. The van der Waals surface area contributed by atoms with E-state index >= 15 is 0 Å². The third kappa shape index (κ3) is 66.5. The van der Waals surface area contributed by atoms with Crippen LogP contribution in [0.1, 0.15) is 316 Å². The lowest BCUT2D eigenvalue weighted by Crippen LogP contribution is -2.30. The Bertz CT molecular complexity index is 1670. The fourth-order valence-corrected chi connectivity index (χ4v) is 9.33. The Balaban J connectivity index is 4.45. The Kier molecular flexibility index (Phi) is 64.8. The molecule has 0 N–H and O–H groups in total. The molecule has 6 nitrogen and oxygen atoms in total. The van der Waals surface area contributed by atoms with Gasteiger partial charge in [0.25, 0.3) is 0 Å². The number of hydrogen-bond acceptors (Lipinski definition) is 6. The minimum absolute atomic E-state index is 0.0928. The highest BCUT2D eigenvalue weighted by atomic mass is 16.6. The topological polar surface area (TPSA) is 78.9 Å². The molecule has 0 aromatic rings. The standard InChI is InChI=1S/C75H126O6/c1-4-7-10-13-16-19-22-25-28-31-33-35-37-39-41-44-47-50-53-56-59-62-65-68-74(77)80-71-72(70-79-73(76)67-64-61-58-55-52-49-46-43-30-27-24-21-18-15-12-9-6-3)81-75(78)69-66-63-60-57-54-51-48-45-42-40-38-36-34-32-29-26-23-20-17-14-11-8-5-2/h7,10,16,18-19,21,23,25-28,30,32-35,39,41,47,50,72H,4-6,8-9,11-15,17,20,22,24,29,31,36-38,40,42-46,48-49,51-71H2,1-3H3/b10-7-,19-16-,21-18-,26-23-,28-25-,30-27-,34-32-,35-33-,41-39-,50-47-. The Morgan fingerprint density at radius 2 is 0.481 bits per heavy atom. The minimum atomic E-state index is -0.799. The van der Waals surface area contributed by atoms with Crippen LogP contribution in [-0.2, 0) is 28.6 Å². The van der Waals surface area contributed by atoms with Gasteiger partial charge in [-0.05, 0) is 135 Å².